The van der Waals surface area contributed by atoms with Crippen LogP contribution in [0.25, 0.3) is 0 Å². The molecule has 1 aliphatic rings. The molecule has 0 bridgehead atoms. The second kappa shape index (κ2) is 7.12. The minimum Gasteiger partial charge on any atom is -0.384 e. The largest absolute Gasteiger partial charge is 0.384 e. The molecule has 3 heteroatoms. The molecule has 0 aliphatic heterocycles. The van der Waals surface area contributed by atoms with Gasteiger partial charge in [0, 0.05) is 12.1 Å². The van der Waals surface area contributed by atoms with Gasteiger partial charge in [-0.3, -0.25) is 4.79 Å². The average Bonchev–Trinajstić information content (AvgIpc) is 3.25. The molecule has 2 rings (SSSR count). The smallest absolute Gasteiger partial charge is 0.252 e. The monoisotopic (exact) mass is 271 g/mol. The number of carbonyl (C=O) groups excluding carboxylic acids is 1. The first-order valence-corrected chi connectivity index (χ1v) is 7.19. The van der Waals surface area contributed by atoms with Gasteiger partial charge >= 0.3 is 0 Å². The molecule has 106 valence electrons. The van der Waals surface area contributed by atoms with Gasteiger partial charge in [-0.1, -0.05) is 30.7 Å². The van der Waals surface area contributed by atoms with Crippen molar-refractivity contribution in [2.24, 2.45) is 5.92 Å². The lowest BCUT2D eigenvalue weighted by atomic mass is 10.0. The molecule has 0 aromatic heterocycles. The summed E-state index contributed by atoms with van der Waals surface area (Å²) in [6, 6.07) is 5.58. The highest BCUT2D eigenvalue weighted by Crippen LogP contribution is 2.33. The van der Waals surface area contributed by atoms with E-state index >= 15 is 0 Å². The molecule has 20 heavy (non-hydrogen) atoms. The molecule has 1 fully saturated rings. The molecule has 0 saturated heterocycles. The van der Waals surface area contributed by atoms with Crippen LogP contribution in [0.2, 0.25) is 0 Å². The van der Waals surface area contributed by atoms with Crippen LogP contribution >= 0.6 is 0 Å². The van der Waals surface area contributed by atoms with Gasteiger partial charge in [0.15, 0.2) is 0 Å². The first-order chi connectivity index (χ1) is 9.70. The summed E-state index contributed by atoms with van der Waals surface area (Å²) in [6.45, 7) is 2.48. The lowest BCUT2D eigenvalue weighted by molar-refractivity contribution is 0.0952. The zero-order valence-electron chi connectivity index (χ0n) is 11.9. The maximum Gasteiger partial charge on any atom is 0.252 e. The van der Waals surface area contributed by atoms with Gasteiger partial charge < -0.3 is 10.4 Å². The van der Waals surface area contributed by atoms with Crippen molar-refractivity contribution in [3.63, 3.8) is 0 Å². The second-order valence-electron chi connectivity index (χ2n) is 5.35. The fourth-order valence-corrected chi connectivity index (χ4v) is 2.19. The highest BCUT2D eigenvalue weighted by molar-refractivity contribution is 5.96. The summed E-state index contributed by atoms with van der Waals surface area (Å²) in [6.07, 6.45) is 4.96. The minimum atomic E-state index is -0.198. The molecule has 1 saturated carbocycles. The van der Waals surface area contributed by atoms with Gasteiger partial charge in [0.2, 0.25) is 0 Å². The van der Waals surface area contributed by atoms with E-state index in [9.17, 15) is 4.79 Å². The van der Waals surface area contributed by atoms with Crippen molar-refractivity contribution in [3.05, 3.63) is 34.9 Å². The number of hydrogen-bond donors (Lipinski definition) is 2. The Morgan fingerprint density at radius 3 is 2.95 bits per heavy atom. The summed E-state index contributed by atoms with van der Waals surface area (Å²) in [4.78, 5) is 12.2. The Kier molecular flexibility index (Phi) is 5.20. The molecule has 3 nitrogen and oxygen atoms in total. The predicted molar refractivity (Wildman–Crippen MR) is 79.4 cm³/mol. The third kappa shape index (κ3) is 4.40. The third-order valence-corrected chi connectivity index (χ3v) is 3.49. The average molecular weight is 271 g/mol. The van der Waals surface area contributed by atoms with Crippen molar-refractivity contribution >= 4 is 5.91 Å². The van der Waals surface area contributed by atoms with Crippen LogP contribution in [0.5, 0.6) is 0 Å². The highest BCUT2D eigenvalue weighted by atomic mass is 16.2. The standard InChI is InChI=1S/C17H21NO2/c1-13-6-9-16(15(12-13)5-3-11-19)17(20)18-10-2-4-14-7-8-14/h6,9,12,14,19H,2,4,7-8,10-11H2,1H3,(H,18,20). The van der Waals surface area contributed by atoms with Crippen molar-refractivity contribution in [1.29, 1.82) is 0 Å². The summed E-state index contributed by atoms with van der Waals surface area (Å²) in [5.74, 6) is 6.27. The molecule has 0 radical (unpaired) electrons. The number of aliphatic hydroxyl groups excluding tert-OH is 1. The Balaban J connectivity index is 1.96. The molecule has 1 aromatic carbocycles. The fourth-order valence-electron chi connectivity index (χ4n) is 2.19. The van der Waals surface area contributed by atoms with Gasteiger partial charge in [-0.15, -0.1) is 0 Å². The van der Waals surface area contributed by atoms with Crippen molar-refractivity contribution in [2.45, 2.75) is 32.6 Å². The van der Waals surface area contributed by atoms with Gasteiger partial charge in [-0.05, 0) is 43.4 Å². The number of aryl methyl sites for hydroxylation is 1. The molecular weight excluding hydrogens is 250 g/mol. The maximum atomic E-state index is 12.2. The molecule has 1 amide bonds. The van der Waals surface area contributed by atoms with Gasteiger partial charge in [0.25, 0.3) is 5.91 Å². The van der Waals surface area contributed by atoms with Crippen LogP contribution in [0.4, 0.5) is 0 Å². The van der Waals surface area contributed by atoms with Crippen molar-refractivity contribution in [2.75, 3.05) is 13.2 Å². The number of aliphatic hydroxyl groups is 1. The summed E-state index contributed by atoms with van der Waals surface area (Å²) < 4.78 is 0. The fraction of sp³-hybridized carbons (Fsp3) is 0.471. The van der Waals surface area contributed by atoms with Gasteiger partial charge in [0.1, 0.15) is 6.61 Å². The molecule has 0 atom stereocenters. The highest BCUT2D eigenvalue weighted by Gasteiger charge is 2.20. The number of carbonyl (C=O) groups is 1. The lowest BCUT2D eigenvalue weighted by Gasteiger charge is -2.07. The number of benzene rings is 1. The van der Waals surface area contributed by atoms with Gasteiger partial charge in [-0.25, -0.2) is 0 Å². The van der Waals surface area contributed by atoms with Crippen LogP contribution in [-0.2, 0) is 0 Å². The van der Waals surface area contributed by atoms with Crippen molar-refractivity contribution in [1.82, 2.24) is 5.32 Å². The Bertz CT molecular complexity index is 536. The lowest BCUT2D eigenvalue weighted by Crippen LogP contribution is -2.25. The summed E-state index contributed by atoms with van der Waals surface area (Å²) >= 11 is 0. The summed E-state index contributed by atoms with van der Waals surface area (Å²) in [5, 5.41) is 11.7. The molecular formula is C17H21NO2. The van der Waals surface area contributed by atoms with E-state index in [0.717, 1.165) is 24.4 Å². The van der Waals surface area contributed by atoms with E-state index in [1.807, 2.05) is 19.1 Å². The van der Waals surface area contributed by atoms with Crippen LogP contribution in [0.1, 0.15) is 47.2 Å². The molecule has 0 unspecified atom stereocenters. The topological polar surface area (TPSA) is 49.3 Å². The van der Waals surface area contributed by atoms with Crippen molar-refractivity contribution < 1.29 is 9.90 Å². The van der Waals surface area contributed by atoms with E-state index in [2.05, 4.69) is 17.2 Å². The Morgan fingerprint density at radius 2 is 2.25 bits per heavy atom. The number of hydrogen-bond acceptors (Lipinski definition) is 2. The molecule has 0 heterocycles. The Labute approximate surface area is 120 Å². The number of nitrogens with one attached hydrogen (secondary N) is 1. The molecule has 1 aromatic rings. The van der Waals surface area contributed by atoms with Gasteiger partial charge in [0.05, 0.1) is 5.56 Å². The van der Waals surface area contributed by atoms with Crippen LogP contribution in [-0.4, -0.2) is 24.2 Å². The first-order valence-electron chi connectivity index (χ1n) is 7.19. The zero-order chi connectivity index (χ0) is 14.4. The van der Waals surface area contributed by atoms with Crippen LogP contribution in [0, 0.1) is 24.7 Å². The normalized spacial score (nSPS) is 13.5. The Hall–Kier alpha value is -1.79. The number of amides is 1. The molecule has 2 N–H and O–H groups in total. The zero-order valence-corrected chi connectivity index (χ0v) is 11.9. The molecule has 0 spiro atoms. The van der Waals surface area contributed by atoms with E-state index < -0.39 is 0 Å². The SMILES string of the molecule is Cc1ccc(C(=O)NCCCC2CC2)c(C#CCO)c1. The summed E-state index contributed by atoms with van der Waals surface area (Å²) in [7, 11) is 0. The van der Waals surface area contributed by atoms with E-state index in [1.54, 1.807) is 6.07 Å². The van der Waals surface area contributed by atoms with Crippen molar-refractivity contribution in [3.8, 4) is 11.8 Å². The number of rotatable bonds is 5. The van der Waals surface area contributed by atoms with Crippen LogP contribution in [0.15, 0.2) is 18.2 Å². The summed E-state index contributed by atoms with van der Waals surface area (Å²) in [5.41, 5.74) is 2.32. The third-order valence-electron chi connectivity index (χ3n) is 3.49. The van der Waals surface area contributed by atoms with Crippen LogP contribution in [0.3, 0.4) is 0 Å². The van der Waals surface area contributed by atoms with E-state index in [0.29, 0.717) is 11.1 Å². The quantitative estimate of drug-likeness (QED) is 0.637. The van der Waals surface area contributed by atoms with E-state index in [4.69, 9.17) is 5.11 Å². The van der Waals surface area contributed by atoms with E-state index in [1.165, 1.54) is 19.3 Å². The predicted octanol–water partition coefficient (Wildman–Crippen LogP) is 2.26. The molecule has 1 aliphatic carbocycles. The second-order valence-corrected chi connectivity index (χ2v) is 5.35. The maximum absolute atomic E-state index is 12.2. The van der Waals surface area contributed by atoms with Gasteiger partial charge in [-0.2, -0.15) is 0 Å². The van der Waals surface area contributed by atoms with E-state index in [-0.39, 0.29) is 12.5 Å². The van der Waals surface area contributed by atoms with Crippen LogP contribution < -0.4 is 5.32 Å². The first kappa shape index (κ1) is 14.6. The minimum absolute atomic E-state index is 0.0805. The Morgan fingerprint density at radius 1 is 1.45 bits per heavy atom.